The van der Waals surface area contributed by atoms with Gasteiger partial charge in [0.2, 0.25) is 0 Å². The van der Waals surface area contributed by atoms with Crippen LogP contribution in [0.25, 0.3) is 0 Å². The van der Waals surface area contributed by atoms with Crippen molar-refractivity contribution in [1.29, 1.82) is 0 Å². The van der Waals surface area contributed by atoms with Crippen molar-refractivity contribution < 1.29 is 8.42 Å². The smallest absolute Gasteiger partial charge is 0.245 e. The molecule has 0 aliphatic heterocycles. The van der Waals surface area contributed by atoms with E-state index in [0.29, 0.717) is 28.1 Å². The van der Waals surface area contributed by atoms with Gasteiger partial charge in [-0.25, -0.2) is 22.7 Å². The number of aromatic nitrogens is 2. The average molecular weight is 414 g/mol. The lowest BCUT2D eigenvalue weighted by molar-refractivity contribution is 0.589. The number of rotatable bonds is 6. The van der Waals surface area contributed by atoms with Gasteiger partial charge in [-0.15, -0.1) is 0 Å². The van der Waals surface area contributed by atoms with Crippen molar-refractivity contribution in [3.8, 4) is 0 Å². The van der Waals surface area contributed by atoms with E-state index in [2.05, 4.69) is 9.97 Å². The van der Waals surface area contributed by atoms with Crippen LogP contribution in [0, 0.1) is 6.92 Å². The fourth-order valence-corrected chi connectivity index (χ4v) is 4.95. The van der Waals surface area contributed by atoms with Crippen LogP contribution in [-0.4, -0.2) is 18.4 Å². The Morgan fingerprint density at radius 3 is 2.54 bits per heavy atom. The van der Waals surface area contributed by atoms with Crippen LogP contribution >= 0.6 is 11.6 Å². The van der Waals surface area contributed by atoms with Crippen molar-refractivity contribution in [2.24, 2.45) is 0 Å². The number of hydrogen-bond acceptors (Lipinski definition) is 4. The highest BCUT2D eigenvalue weighted by atomic mass is 35.5. The normalized spacial score (nSPS) is 14.1. The molecule has 4 rings (SSSR count). The summed E-state index contributed by atoms with van der Waals surface area (Å²) in [7, 11) is -3.87. The van der Waals surface area contributed by atoms with Crippen molar-refractivity contribution >= 4 is 27.4 Å². The van der Waals surface area contributed by atoms with Crippen molar-refractivity contribution in [3.05, 3.63) is 82.8 Å². The molecule has 3 aromatic rings. The third kappa shape index (κ3) is 3.75. The molecule has 0 radical (unpaired) electrons. The number of anilines is 1. The minimum atomic E-state index is -3.87. The van der Waals surface area contributed by atoms with E-state index in [0.717, 1.165) is 18.4 Å². The van der Waals surface area contributed by atoms with E-state index in [1.165, 1.54) is 4.31 Å². The molecule has 0 N–H and O–H groups in total. The van der Waals surface area contributed by atoms with Gasteiger partial charge in [0, 0.05) is 23.2 Å². The summed E-state index contributed by atoms with van der Waals surface area (Å²) in [5.74, 6) is 1.41. The monoisotopic (exact) mass is 413 g/mol. The number of benzene rings is 2. The standard InChI is InChI=1S/C21H20ClN3O2S/c1-15-18(22)8-5-9-19(15)28(26,27)25(14-16-6-3-2-4-7-16)20-12-13-23-21(24-20)17-10-11-17/h2-9,12-13,17H,10-11,14H2,1H3. The number of halogens is 1. The average Bonchev–Trinajstić information content (AvgIpc) is 3.54. The molecule has 1 heterocycles. The molecular formula is C21H20ClN3O2S. The quantitative estimate of drug-likeness (QED) is 0.587. The lowest BCUT2D eigenvalue weighted by Crippen LogP contribution is -2.32. The van der Waals surface area contributed by atoms with E-state index in [4.69, 9.17) is 11.6 Å². The topological polar surface area (TPSA) is 63.2 Å². The van der Waals surface area contributed by atoms with Crippen LogP contribution in [-0.2, 0) is 16.6 Å². The van der Waals surface area contributed by atoms with Crippen molar-refractivity contribution in [2.75, 3.05) is 4.31 Å². The van der Waals surface area contributed by atoms with Crippen LogP contribution in [0.4, 0.5) is 5.82 Å². The second kappa shape index (κ2) is 7.53. The van der Waals surface area contributed by atoms with Crippen LogP contribution < -0.4 is 4.31 Å². The Balaban J connectivity index is 1.82. The summed E-state index contributed by atoms with van der Waals surface area (Å²) in [5.41, 5.74) is 1.40. The van der Waals surface area contributed by atoms with E-state index in [1.54, 1.807) is 37.4 Å². The summed E-state index contributed by atoms with van der Waals surface area (Å²) in [6.45, 7) is 1.89. The van der Waals surface area contributed by atoms with Gasteiger partial charge in [0.1, 0.15) is 11.6 Å². The van der Waals surface area contributed by atoms with E-state index in [9.17, 15) is 8.42 Å². The molecule has 7 heteroatoms. The zero-order valence-electron chi connectivity index (χ0n) is 15.4. The Kier molecular flexibility index (Phi) is 5.08. The van der Waals surface area contributed by atoms with Gasteiger partial charge in [0.25, 0.3) is 10.0 Å². The first-order valence-electron chi connectivity index (χ1n) is 9.11. The third-order valence-corrected chi connectivity index (χ3v) is 7.12. The number of nitrogens with zero attached hydrogens (tertiary/aromatic N) is 3. The lowest BCUT2D eigenvalue weighted by Gasteiger charge is -2.25. The van der Waals surface area contributed by atoms with Crippen LogP contribution in [0.3, 0.4) is 0 Å². The predicted molar refractivity (Wildman–Crippen MR) is 110 cm³/mol. The fourth-order valence-electron chi connectivity index (χ4n) is 3.07. The molecule has 0 saturated heterocycles. The Labute approximate surface area is 170 Å². The Hall–Kier alpha value is -2.44. The van der Waals surface area contributed by atoms with Crippen LogP contribution in [0.2, 0.25) is 5.02 Å². The minimum Gasteiger partial charge on any atom is -0.245 e. The molecule has 0 atom stereocenters. The Bertz CT molecular complexity index is 1100. The Morgan fingerprint density at radius 1 is 1.07 bits per heavy atom. The molecule has 1 saturated carbocycles. The molecule has 1 aliphatic carbocycles. The Morgan fingerprint density at radius 2 is 1.82 bits per heavy atom. The highest BCUT2D eigenvalue weighted by Gasteiger charge is 2.31. The van der Waals surface area contributed by atoms with E-state index < -0.39 is 10.0 Å². The first-order chi connectivity index (χ1) is 13.5. The second-order valence-electron chi connectivity index (χ2n) is 6.91. The first kappa shape index (κ1) is 18.9. The van der Waals surface area contributed by atoms with E-state index in [-0.39, 0.29) is 11.4 Å². The maximum Gasteiger partial charge on any atom is 0.266 e. The molecule has 2 aromatic carbocycles. The zero-order valence-corrected chi connectivity index (χ0v) is 17.0. The summed E-state index contributed by atoms with van der Waals surface area (Å²) >= 11 is 6.20. The molecule has 1 aromatic heterocycles. The van der Waals surface area contributed by atoms with Crippen LogP contribution in [0.15, 0.2) is 65.7 Å². The van der Waals surface area contributed by atoms with Gasteiger partial charge in [0.05, 0.1) is 11.4 Å². The van der Waals surface area contributed by atoms with Gasteiger partial charge >= 0.3 is 0 Å². The van der Waals surface area contributed by atoms with Gasteiger partial charge in [-0.2, -0.15) is 0 Å². The second-order valence-corrected chi connectivity index (χ2v) is 9.15. The molecule has 0 spiro atoms. The lowest BCUT2D eigenvalue weighted by atomic mass is 10.2. The fraction of sp³-hybridized carbons (Fsp3) is 0.238. The van der Waals surface area contributed by atoms with Gasteiger partial charge in [-0.3, -0.25) is 0 Å². The molecule has 144 valence electrons. The maximum absolute atomic E-state index is 13.6. The minimum absolute atomic E-state index is 0.177. The largest absolute Gasteiger partial charge is 0.266 e. The maximum atomic E-state index is 13.6. The molecular weight excluding hydrogens is 394 g/mol. The van der Waals surface area contributed by atoms with E-state index >= 15 is 0 Å². The predicted octanol–water partition coefficient (Wildman–Crippen LogP) is 4.71. The molecule has 1 aliphatic rings. The van der Waals surface area contributed by atoms with Crippen molar-refractivity contribution in [1.82, 2.24) is 9.97 Å². The summed E-state index contributed by atoms with van der Waals surface area (Å²) in [6, 6.07) is 16.0. The summed E-state index contributed by atoms with van der Waals surface area (Å²) in [5, 5.41) is 0.419. The SMILES string of the molecule is Cc1c(Cl)cccc1S(=O)(=O)N(Cc1ccccc1)c1ccnc(C2CC2)n1. The molecule has 0 unspecified atom stereocenters. The highest BCUT2D eigenvalue weighted by Crippen LogP contribution is 2.39. The van der Waals surface area contributed by atoms with Gasteiger partial charge < -0.3 is 0 Å². The van der Waals surface area contributed by atoms with Gasteiger partial charge in [-0.1, -0.05) is 48.0 Å². The molecule has 5 nitrogen and oxygen atoms in total. The van der Waals surface area contributed by atoms with Gasteiger partial charge in [-0.05, 0) is 43.0 Å². The number of sulfonamides is 1. The number of hydrogen-bond donors (Lipinski definition) is 0. The molecule has 28 heavy (non-hydrogen) atoms. The van der Waals surface area contributed by atoms with Gasteiger partial charge in [0.15, 0.2) is 0 Å². The third-order valence-electron chi connectivity index (χ3n) is 4.81. The summed E-state index contributed by atoms with van der Waals surface area (Å²) < 4.78 is 28.6. The van der Waals surface area contributed by atoms with E-state index in [1.807, 2.05) is 30.3 Å². The van der Waals surface area contributed by atoms with Crippen molar-refractivity contribution in [2.45, 2.75) is 37.1 Å². The van der Waals surface area contributed by atoms with Crippen molar-refractivity contribution in [3.63, 3.8) is 0 Å². The molecule has 0 amide bonds. The molecule has 1 fully saturated rings. The summed E-state index contributed by atoms with van der Waals surface area (Å²) in [4.78, 5) is 9.08. The van der Waals surface area contributed by atoms with Crippen LogP contribution in [0.1, 0.15) is 35.7 Å². The molecule has 0 bridgehead atoms. The highest BCUT2D eigenvalue weighted by molar-refractivity contribution is 7.92. The summed E-state index contributed by atoms with van der Waals surface area (Å²) in [6.07, 6.45) is 3.72. The van der Waals surface area contributed by atoms with Crippen LogP contribution in [0.5, 0.6) is 0 Å². The zero-order chi connectivity index (χ0) is 19.7. The first-order valence-corrected chi connectivity index (χ1v) is 10.9.